The van der Waals surface area contributed by atoms with Gasteiger partial charge in [0.15, 0.2) is 0 Å². The lowest BCUT2D eigenvalue weighted by atomic mass is 10.1. The Morgan fingerprint density at radius 1 is 1.28 bits per heavy atom. The highest BCUT2D eigenvalue weighted by Crippen LogP contribution is 2.27. The molecule has 2 heterocycles. The number of aryl methyl sites for hydroxylation is 1. The van der Waals surface area contributed by atoms with Gasteiger partial charge in [0.05, 0.1) is 4.88 Å². The minimum Gasteiger partial charge on any atom is -0.494 e. The Balaban J connectivity index is 2.12. The van der Waals surface area contributed by atoms with Gasteiger partial charge in [0.1, 0.15) is 0 Å². The van der Waals surface area contributed by atoms with E-state index in [0.717, 1.165) is 33.5 Å². The number of fused-ring (bicyclic) bond motifs is 1. The summed E-state index contributed by atoms with van der Waals surface area (Å²) in [7, 11) is 0. The monoisotopic (exact) mass is 260 g/mol. The molecule has 0 radical (unpaired) electrons. The highest BCUT2D eigenvalue weighted by Gasteiger charge is 2.13. The molecule has 0 spiro atoms. The van der Waals surface area contributed by atoms with E-state index in [2.05, 4.69) is 9.97 Å². The van der Waals surface area contributed by atoms with Gasteiger partial charge in [0.2, 0.25) is 5.88 Å². The number of rotatable bonds is 2. The number of aromatic hydroxyl groups is 1. The lowest BCUT2D eigenvalue weighted by molar-refractivity contribution is 0.451. The topological polar surface area (TPSA) is 68.9 Å². The Kier molecular flexibility index (Phi) is 2.48. The van der Waals surface area contributed by atoms with Crippen LogP contribution < -0.4 is 4.87 Å². The van der Waals surface area contributed by atoms with Gasteiger partial charge in [-0.25, -0.2) is 0 Å². The molecule has 0 unspecified atom stereocenters. The average molecular weight is 260 g/mol. The van der Waals surface area contributed by atoms with Crippen LogP contribution in [0.3, 0.4) is 0 Å². The highest BCUT2D eigenvalue weighted by molar-refractivity contribution is 7.09. The van der Waals surface area contributed by atoms with Crippen LogP contribution in [0, 0.1) is 6.92 Å². The van der Waals surface area contributed by atoms with Crippen molar-refractivity contribution in [2.45, 2.75) is 13.3 Å². The minimum atomic E-state index is -0.222. The predicted octanol–water partition coefficient (Wildman–Crippen LogP) is 2.52. The molecule has 2 aromatic heterocycles. The van der Waals surface area contributed by atoms with Crippen LogP contribution in [-0.2, 0) is 6.42 Å². The molecule has 3 rings (SSSR count). The maximum atomic E-state index is 11.2. The number of thiazole rings is 1. The molecular weight excluding hydrogens is 248 g/mol. The molecule has 5 heteroatoms. The number of hydrogen-bond donors (Lipinski definition) is 3. The summed E-state index contributed by atoms with van der Waals surface area (Å²) in [6.07, 6.45) is 0.561. The van der Waals surface area contributed by atoms with E-state index < -0.39 is 0 Å². The summed E-state index contributed by atoms with van der Waals surface area (Å²) in [5.41, 5.74) is 3.26. The summed E-state index contributed by atoms with van der Waals surface area (Å²) in [6, 6.07) is 8.03. The van der Waals surface area contributed by atoms with Gasteiger partial charge in [-0.05, 0) is 18.6 Å². The zero-order valence-electron chi connectivity index (χ0n) is 9.78. The lowest BCUT2D eigenvalue weighted by Gasteiger charge is -1.99. The number of benzene rings is 1. The summed E-state index contributed by atoms with van der Waals surface area (Å²) in [5.74, 6) is -0.0188. The van der Waals surface area contributed by atoms with Gasteiger partial charge in [0.25, 0.3) is 0 Å². The fourth-order valence-corrected chi connectivity index (χ4v) is 2.93. The van der Waals surface area contributed by atoms with Gasteiger partial charge in [0, 0.05) is 23.0 Å². The summed E-state index contributed by atoms with van der Waals surface area (Å²) in [6.45, 7) is 2.00. The SMILES string of the molecule is Cc1[nH]c2ccccc2c1Cc1sc(=O)[nH]c1O. The fraction of sp³-hybridized carbons (Fsp3) is 0.154. The van der Waals surface area contributed by atoms with Crippen molar-refractivity contribution in [3.8, 4) is 5.88 Å². The maximum Gasteiger partial charge on any atom is 0.307 e. The first-order valence-electron chi connectivity index (χ1n) is 5.62. The largest absolute Gasteiger partial charge is 0.494 e. The zero-order valence-corrected chi connectivity index (χ0v) is 10.6. The van der Waals surface area contributed by atoms with Gasteiger partial charge in [-0.2, -0.15) is 0 Å². The molecule has 0 aliphatic carbocycles. The molecule has 0 atom stereocenters. The maximum absolute atomic E-state index is 11.2. The van der Waals surface area contributed by atoms with E-state index in [1.165, 1.54) is 0 Å². The smallest absolute Gasteiger partial charge is 0.307 e. The predicted molar refractivity (Wildman–Crippen MR) is 72.4 cm³/mol. The molecule has 4 nitrogen and oxygen atoms in total. The molecule has 3 aromatic rings. The Bertz CT molecular complexity index is 767. The summed E-state index contributed by atoms with van der Waals surface area (Å²) in [5, 5.41) is 10.8. The van der Waals surface area contributed by atoms with Gasteiger partial charge in [-0.3, -0.25) is 9.78 Å². The molecule has 0 bridgehead atoms. The van der Waals surface area contributed by atoms with Crippen LogP contribution in [0.25, 0.3) is 10.9 Å². The van der Waals surface area contributed by atoms with Crippen LogP contribution >= 0.6 is 11.3 Å². The van der Waals surface area contributed by atoms with Crippen molar-refractivity contribution in [2.75, 3.05) is 0 Å². The van der Waals surface area contributed by atoms with E-state index in [4.69, 9.17) is 0 Å². The molecule has 0 aliphatic rings. The average Bonchev–Trinajstić information content (AvgIpc) is 2.81. The second kappa shape index (κ2) is 4.03. The van der Waals surface area contributed by atoms with Crippen molar-refractivity contribution in [3.05, 3.63) is 50.1 Å². The molecule has 18 heavy (non-hydrogen) atoms. The van der Waals surface area contributed by atoms with Crippen LogP contribution in [0.4, 0.5) is 0 Å². The molecule has 3 N–H and O–H groups in total. The standard InChI is InChI=1S/C13H12N2O2S/c1-7-9(6-11-12(16)15-13(17)18-11)8-4-2-3-5-10(8)14-7/h2-5,14,16H,6H2,1H3,(H,15,17). The van der Waals surface area contributed by atoms with E-state index >= 15 is 0 Å². The van der Waals surface area contributed by atoms with Gasteiger partial charge in [-0.15, -0.1) is 0 Å². The lowest BCUT2D eigenvalue weighted by Crippen LogP contribution is -1.89. The number of aromatic nitrogens is 2. The molecule has 0 fully saturated rings. The van der Waals surface area contributed by atoms with Crippen molar-refractivity contribution >= 4 is 22.2 Å². The van der Waals surface area contributed by atoms with Crippen molar-refractivity contribution in [1.82, 2.24) is 9.97 Å². The van der Waals surface area contributed by atoms with Gasteiger partial charge >= 0.3 is 4.87 Å². The molecule has 0 amide bonds. The number of para-hydroxylation sites is 1. The first-order valence-corrected chi connectivity index (χ1v) is 6.44. The third kappa shape index (κ3) is 1.73. The quantitative estimate of drug-likeness (QED) is 0.662. The van der Waals surface area contributed by atoms with Crippen LogP contribution in [0.15, 0.2) is 29.1 Å². The summed E-state index contributed by atoms with van der Waals surface area (Å²) >= 11 is 1.05. The van der Waals surface area contributed by atoms with Gasteiger partial charge in [-0.1, -0.05) is 29.5 Å². The molecule has 0 saturated heterocycles. The third-order valence-corrected chi connectivity index (χ3v) is 3.94. The third-order valence-electron chi connectivity index (χ3n) is 3.06. The molecule has 0 aliphatic heterocycles. The first kappa shape index (κ1) is 11.1. The normalized spacial score (nSPS) is 11.2. The molecule has 1 aromatic carbocycles. The van der Waals surface area contributed by atoms with E-state index in [1.54, 1.807) is 0 Å². The molecule has 0 saturated carbocycles. The molecular formula is C13H12N2O2S. The van der Waals surface area contributed by atoms with E-state index in [0.29, 0.717) is 11.3 Å². The van der Waals surface area contributed by atoms with Crippen molar-refractivity contribution in [2.24, 2.45) is 0 Å². The number of nitrogens with one attached hydrogen (secondary N) is 2. The minimum absolute atomic E-state index is 0.0188. The number of aromatic amines is 2. The molecule has 92 valence electrons. The van der Waals surface area contributed by atoms with Gasteiger partial charge < -0.3 is 10.1 Å². The zero-order chi connectivity index (χ0) is 12.7. The van der Waals surface area contributed by atoms with Crippen LogP contribution in [-0.4, -0.2) is 15.1 Å². The number of H-pyrrole nitrogens is 2. The van der Waals surface area contributed by atoms with Crippen molar-refractivity contribution in [1.29, 1.82) is 0 Å². The summed E-state index contributed by atoms with van der Waals surface area (Å²) in [4.78, 5) is 17.3. The highest BCUT2D eigenvalue weighted by atomic mass is 32.1. The first-order chi connectivity index (χ1) is 8.65. The Hall–Kier alpha value is -2.01. The summed E-state index contributed by atoms with van der Waals surface area (Å²) < 4.78 is 0. The Labute approximate surface area is 107 Å². The van der Waals surface area contributed by atoms with E-state index in [1.807, 2.05) is 31.2 Å². The van der Waals surface area contributed by atoms with Crippen LogP contribution in [0.2, 0.25) is 0 Å². The van der Waals surface area contributed by atoms with E-state index in [-0.39, 0.29) is 10.8 Å². The Morgan fingerprint density at radius 3 is 2.78 bits per heavy atom. The second-order valence-electron chi connectivity index (χ2n) is 4.24. The number of hydrogen-bond acceptors (Lipinski definition) is 3. The van der Waals surface area contributed by atoms with Crippen LogP contribution in [0.5, 0.6) is 5.88 Å². The fourth-order valence-electron chi connectivity index (χ4n) is 2.20. The van der Waals surface area contributed by atoms with E-state index in [9.17, 15) is 9.90 Å². The van der Waals surface area contributed by atoms with Crippen LogP contribution in [0.1, 0.15) is 16.1 Å². The van der Waals surface area contributed by atoms with Crippen molar-refractivity contribution < 1.29 is 5.11 Å². The second-order valence-corrected chi connectivity index (χ2v) is 5.30. The Morgan fingerprint density at radius 2 is 2.06 bits per heavy atom. The van der Waals surface area contributed by atoms with Crippen molar-refractivity contribution in [3.63, 3.8) is 0 Å².